The van der Waals surface area contributed by atoms with Crippen LogP contribution in [-0.4, -0.2) is 47.8 Å². The fraction of sp³-hybridized carbons (Fsp3) is 0.889. The highest BCUT2D eigenvalue weighted by atomic mass is 32.2. The van der Waals surface area contributed by atoms with Gasteiger partial charge in [0.05, 0.1) is 12.0 Å². The molecule has 1 rings (SSSR count). The predicted octanol–water partition coefficient (Wildman–Crippen LogP) is 0.144. The average Bonchev–Trinajstić information content (AvgIpc) is 1.99. The smallest absolute Gasteiger partial charge is 0.305 e. The van der Waals surface area contributed by atoms with Crippen LogP contribution in [-0.2, 0) is 4.79 Å². The van der Waals surface area contributed by atoms with Crippen LogP contribution in [0.2, 0.25) is 0 Å². The molecule has 82 valence electrons. The lowest BCUT2D eigenvalue weighted by Crippen LogP contribution is -2.70. The summed E-state index contributed by atoms with van der Waals surface area (Å²) >= 11 is 1.77. The zero-order valence-electron chi connectivity index (χ0n) is 8.67. The lowest BCUT2D eigenvalue weighted by atomic mass is 9.88. The molecular formula is C9H18N2O2S. The van der Waals surface area contributed by atoms with Crippen molar-refractivity contribution >= 4 is 17.7 Å². The summed E-state index contributed by atoms with van der Waals surface area (Å²) in [5.74, 6) is 0.289. The highest BCUT2D eigenvalue weighted by Crippen LogP contribution is 2.17. The first-order valence-corrected chi connectivity index (χ1v) is 6.16. The molecule has 14 heavy (non-hydrogen) atoms. The molecule has 1 aliphatic heterocycles. The van der Waals surface area contributed by atoms with Crippen molar-refractivity contribution in [2.45, 2.75) is 24.9 Å². The van der Waals surface area contributed by atoms with E-state index in [4.69, 9.17) is 5.11 Å². The van der Waals surface area contributed by atoms with Crippen molar-refractivity contribution in [3.63, 3.8) is 0 Å². The topological polar surface area (TPSA) is 61.4 Å². The van der Waals surface area contributed by atoms with Gasteiger partial charge in [-0.3, -0.25) is 4.79 Å². The third kappa shape index (κ3) is 3.15. The second-order valence-corrected chi connectivity index (χ2v) is 4.87. The highest BCUT2D eigenvalue weighted by molar-refractivity contribution is 7.98. The zero-order valence-corrected chi connectivity index (χ0v) is 9.49. The SMILES string of the molecule is CSCC(C)NC1(CC(=O)O)CNC1. The van der Waals surface area contributed by atoms with E-state index in [-0.39, 0.29) is 12.0 Å². The van der Waals surface area contributed by atoms with Crippen LogP contribution >= 0.6 is 11.8 Å². The minimum absolute atomic E-state index is 0.207. The quantitative estimate of drug-likeness (QED) is 0.592. The molecule has 1 atom stereocenters. The molecule has 1 unspecified atom stereocenters. The van der Waals surface area contributed by atoms with E-state index in [1.54, 1.807) is 11.8 Å². The van der Waals surface area contributed by atoms with Gasteiger partial charge < -0.3 is 15.7 Å². The largest absolute Gasteiger partial charge is 0.481 e. The molecule has 0 radical (unpaired) electrons. The van der Waals surface area contributed by atoms with Gasteiger partial charge in [-0.05, 0) is 13.2 Å². The third-order valence-corrected chi connectivity index (χ3v) is 3.22. The Kier molecular flexibility index (Phi) is 4.22. The molecule has 5 heteroatoms. The van der Waals surface area contributed by atoms with Gasteiger partial charge >= 0.3 is 5.97 Å². The minimum Gasteiger partial charge on any atom is -0.481 e. The number of aliphatic carboxylic acids is 1. The van der Waals surface area contributed by atoms with Crippen molar-refractivity contribution in [1.29, 1.82) is 0 Å². The number of hydrogen-bond acceptors (Lipinski definition) is 4. The number of carbonyl (C=O) groups is 1. The van der Waals surface area contributed by atoms with Gasteiger partial charge in [0.2, 0.25) is 0 Å². The van der Waals surface area contributed by atoms with Crippen LogP contribution in [0, 0.1) is 0 Å². The van der Waals surface area contributed by atoms with Crippen LogP contribution in [0.1, 0.15) is 13.3 Å². The van der Waals surface area contributed by atoms with Crippen LogP contribution in [0.5, 0.6) is 0 Å². The summed E-state index contributed by atoms with van der Waals surface area (Å²) in [7, 11) is 0. The summed E-state index contributed by atoms with van der Waals surface area (Å²) < 4.78 is 0. The molecule has 0 aliphatic carbocycles. The Morgan fingerprint density at radius 1 is 1.71 bits per heavy atom. The van der Waals surface area contributed by atoms with Crippen molar-refractivity contribution in [1.82, 2.24) is 10.6 Å². The van der Waals surface area contributed by atoms with Crippen molar-refractivity contribution in [2.75, 3.05) is 25.1 Å². The van der Waals surface area contributed by atoms with Crippen LogP contribution in [0.4, 0.5) is 0 Å². The Bertz CT molecular complexity index is 207. The first-order valence-electron chi connectivity index (χ1n) is 4.77. The number of carboxylic acid groups (broad SMARTS) is 1. The lowest BCUT2D eigenvalue weighted by Gasteiger charge is -2.44. The van der Waals surface area contributed by atoms with E-state index >= 15 is 0 Å². The van der Waals surface area contributed by atoms with Crippen LogP contribution in [0.25, 0.3) is 0 Å². The van der Waals surface area contributed by atoms with E-state index < -0.39 is 5.97 Å². The first-order chi connectivity index (χ1) is 6.58. The molecule has 0 amide bonds. The number of nitrogens with one attached hydrogen (secondary N) is 2. The number of carboxylic acids is 1. The Morgan fingerprint density at radius 3 is 2.71 bits per heavy atom. The van der Waals surface area contributed by atoms with E-state index in [0.29, 0.717) is 6.04 Å². The summed E-state index contributed by atoms with van der Waals surface area (Å²) in [5.41, 5.74) is -0.207. The normalized spacial score (nSPS) is 21.3. The maximum atomic E-state index is 10.7. The van der Waals surface area contributed by atoms with E-state index in [2.05, 4.69) is 23.8 Å². The molecule has 3 N–H and O–H groups in total. The second kappa shape index (κ2) is 5.00. The molecule has 0 saturated carbocycles. The molecule has 0 spiro atoms. The van der Waals surface area contributed by atoms with Gasteiger partial charge in [-0.1, -0.05) is 0 Å². The van der Waals surface area contributed by atoms with Gasteiger partial charge in [-0.2, -0.15) is 11.8 Å². The van der Waals surface area contributed by atoms with Gasteiger partial charge in [-0.15, -0.1) is 0 Å². The molecular weight excluding hydrogens is 200 g/mol. The molecule has 1 saturated heterocycles. The second-order valence-electron chi connectivity index (χ2n) is 3.96. The summed E-state index contributed by atoms with van der Waals surface area (Å²) in [6.45, 7) is 3.62. The zero-order chi connectivity index (χ0) is 10.6. The average molecular weight is 218 g/mol. The van der Waals surface area contributed by atoms with Crippen molar-refractivity contribution in [2.24, 2.45) is 0 Å². The fourth-order valence-corrected chi connectivity index (χ4v) is 2.39. The van der Waals surface area contributed by atoms with Crippen LogP contribution in [0.3, 0.4) is 0 Å². The summed E-state index contributed by atoms with van der Waals surface area (Å²) in [6, 6.07) is 0.367. The van der Waals surface area contributed by atoms with E-state index in [0.717, 1.165) is 18.8 Å². The summed E-state index contributed by atoms with van der Waals surface area (Å²) in [6.07, 6.45) is 2.26. The van der Waals surface area contributed by atoms with Crippen LogP contribution in [0.15, 0.2) is 0 Å². The van der Waals surface area contributed by atoms with Gasteiger partial charge in [0.15, 0.2) is 0 Å². The Balaban J connectivity index is 2.40. The summed E-state index contributed by atoms with van der Waals surface area (Å²) in [5, 5.41) is 15.3. The number of rotatable bonds is 6. The molecule has 0 bridgehead atoms. The van der Waals surface area contributed by atoms with Crippen molar-refractivity contribution in [3.8, 4) is 0 Å². The van der Waals surface area contributed by atoms with Gasteiger partial charge in [0, 0.05) is 24.9 Å². The molecule has 0 aromatic carbocycles. The third-order valence-electron chi connectivity index (χ3n) is 2.39. The molecule has 0 aromatic rings. The molecule has 1 aliphatic rings. The molecule has 1 heterocycles. The van der Waals surface area contributed by atoms with E-state index in [9.17, 15) is 4.79 Å². The molecule has 1 fully saturated rings. The Morgan fingerprint density at radius 2 is 2.36 bits per heavy atom. The lowest BCUT2D eigenvalue weighted by molar-refractivity contribution is -0.139. The Hall–Kier alpha value is -0.260. The highest BCUT2D eigenvalue weighted by Gasteiger charge is 2.39. The van der Waals surface area contributed by atoms with E-state index in [1.807, 2.05) is 0 Å². The number of thioether (sulfide) groups is 1. The Labute approximate surface area is 88.8 Å². The molecule has 4 nitrogen and oxygen atoms in total. The van der Waals surface area contributed by atoms with Crippen molar-refractivity contribution < 1.29 is 9.90 Å². The predicted molar refractivity (Wildman–Crippen MR) is 58.8 cm³/mol. The summed E-state index contributed by atoms with van der Waals surface area (Å²) in [4.78, 5) is 10.7. The van der Waals surface area contributed by atoms with Gasteiger partial charge in [0.1, 0.15) is 0 Å². The van der Waals surface area contributed by atoms with E-state index in [1.165, 1.54) is 0 Å². The van der Waals surface area contributed by atoms with Crippen molar-refractivity contribution in [3.05, 3.63) is 0 Å². The van der Waals surface area contributed by atoms with Gasteiger partial charge in [-0.25, -0.2) is 0 Å². The number of hydrogen-bond donors (Lipinski definition) is 3. The first kappa shape index (κ1) is 11.8. The standard InChI is InChI=1S/C9H18N2O2S/c1-7(4-14-2)11-9(3-8(12)13)5-10-6-9/h7,10-11H,3-6H2,1-2H3,(H,12,13). The van der Waals surface area contributed by atoms with Gasteiger partial charge in [0.25, 0.3) is 0 Å². The molecule has 0 aromatic heterocycles. The van der Waals surface area contributed by atoms with Crippen LogP contribution < -0.4 is 10.6 Å². The maximum Gasteiger partial charge on any atom is 0.305 e. The fourth-order valence-electron chi connectivity index (χ4n) is 1.81. The maximum absolute atomic E-state index is 10.7. The minimum atomic E-state index is -0.727. The monoisotopic (exact) mass is 218 g/mol.